The molecule has 1 aromatic carbocycles. The van der Waals surface area contributed by atoms with E-state index in [0.29, 0.717) is 0 Å². The third-order valence-corrected chi connectivity index (χ3v) is 2.63. The summed E-state index contributed by atoms with van der Waals surface area (Å²) in [5, 5.41) is 8.58. The van der Waals surface area contributed by atoms with E-state index < -0.39 is 11.8 Å². The van der Waals surface area contributed by atoms with Crippen LogP contribution in [-0.2, 0) is 0 Å². The van der Waals surface area contributed by atoms with Crippen molar-refractivity contribution in [1.82, 2.24) is 9.97 Å². The zero-order valence-corrected chi connectivity index (χ0v) is 11.2. The first-order valence-electron chi connectivity index (χ1n) is 4.70. The highest BCUT2D eigenvalue weighted by Crippen LogP contribution is 2.19. The number of nitrogen functional groups attached to an aromatic ring is 1. The summed E-state index contributed by atoms with van der Waals surface area (Å²) < 4.78 is 13.0. The minimum Gasteiger partial charge on any atom is -0.478 e. The first-order chi connectivity index (χ1) is 8.52. The number of carboxylic acids is 1. The minimum absolute atomic E-state index is 0.0552. The average molecular weight is 361 g/mol. The monoisotopic (exact) mass is 361 g/mol. The van der Waals surface area contributed by atoms with Gasteiger partial charge in [-0.1, -0.05) is 0 Å². The Balaban J connectivity index is 0.000000225. The van der Waals surface area contributed by atoms with Gasteiger partial charge in [-0.15, -0.1) is 0 Å². The van der Waals surface area contributed by atoms with Crippen molar-refractivity contribution in [3.05, 3.63) is 51.9 Å². The number of aromatic carboxylic acids is 1. The van der Waals surface area contributed by atoms with E-state index in [1.54, 1.807) is 41.1 Å². The molecule has 0 aliphatic carbocycles. The van der Waals surface area contributed by atoms with Gasteiger partial charge in [-0.3, -0.25) is 0 Å². The number of carbonyl (C=O) groups is 1. The molecule has 0 saturated carbocycles. The van der Waals surface area contributed by atoms with Gasteiger partial charge in [0.1, 0.15) is 12.1 Å². The Morgan fingerprint density at radius 1 is 1.33 bits per heavy atom. The zero-order chi connectivity index (χ0) is 13.5. The highest BCUT2D eigenvalue weighted by atomic mass is 127. The normalized spacial score (nSPS) is 9.22. The smallest absolute Gasteiger partial charge is 0.337 e. The second-order valence-corrected chi connectivity index (χ2v) is 4.23. The molecule has 2 rings (SSSR count). The second kappa shape index (κ2) is 6.84. The fraction of sp³-hybridized carbons (Fsp3) is 0. The van der Waals surface area contributed by atoms with E-state index in [2.05, 4.69) is 9.97 Å². The van der Waals surface area contributed by atoms with E-state index in [0.717, 1.165) is 6.07 Å². The molecule has 0 bridgehead atoms. The molecule has 0 aliphatic heterocycles. The second-order valence-electron chi connectivity index (χ2n) is 3.06. The molecule has 1 aromatic heterocycles. The molecule has 0 saturated heterocycles. The first kappa shape index (κ1) is 14.3. The van der Waals surface area contributed by atoms with Gasteiger partial charge < -0.3 is 10.8 Å². The van der Waals surface area contributed by atoms with Gasteiger partial charge in [-0.2, -0.15) is 0 Å². The molecule has 7 heteroatoms. The van der Waals surface area contributed by atoms with E-state index in [9.17, 15) is 9.18 Å². The van der Waals surface area contributed by atoms with Crippen molar-refractivity contribution < 1.29 is 14.3 Å². The lowest BCUT2D eigenvalue weighted by molar-refractivity contribution is 0.0698. The molecule has 1 heterocycles. The Kier molecular flexibility index (Phi) is 5.43. The Morgan fingerprint density at radius 3 is 2.33 bits per heavy atom. The maximum absolute atomic E-state index is 12.7. The summed E-state index contributed by atoms with van der Waals surface area (Å²) in [5.74, 6) is -1.65. The Bertz CT molecular complexity index is 511. The molecule has 0 radical (unpaired) electrons. The van der Waals surface area contributed by atoms with Crippen LogP contribution in [0.5, 0.6) is 0 Å². The Hall–Kier alpha value is -1.77. The maximum Gasteiger partial charge on any atom is 0.337 e. The molecule has 0 aliphatic rings. The van der Waals surface area contributed by atoms with Crippen LogP contribution in [0.2, 0.25) is 0 Å². The summed E-state index contributed by atoms with van der Waals surface area (Å²) in [4.78, 5) is 17.8. The van der Waals surface area contributed by atoms with E-state index >= 15 is 0 Å². The summed E-state index contributed by atoms with van der Waals surface area (Å²) in [7, 11) is 0. The third kappa shape index (κ3) is 4.24. The van der Waals surface area contributed by atoms with Crippen molar-refractivity contribution in [3.63, 3.8) is 0 Å². The molecule has 3 N–H and O–H groups in total. The number of benzene rings is 1. The van der Waals surface area contributed by atoms with Crippen LogP contribution in [0.4, 0.5) is 10.1 Å². The molecule has 0 amide bonds. The van der Waals surface area contributed by atoms with Gasteiger partial charge in [-0.25, -0.2) is 19.2 Å². The highest BCUT2D eigenvalue weighted by molar-refractivity contribution is 14.1. The maximum atomic E-state index is 12.7. The fourth-order valence-electron chi connectivity index (χ4n) is 1.00. The average Bonchev–Trinajstić information content (AvgIpc) is 2.36. The largest absolute Gasteiger partial charge is 0.478 e. The van der Waals surface area contributed by atoms with Crippen LogP contribution in [0, 0.1) is 9.39 Å². The van der Waals surface area contributed by atoms with Crippen molar-refractivity contribution in [2.45, 2.75) is 0 Å². The molecule has 0 spiro atoms. The Labute approximate surface area is 116 Å². The zero-order valence-electron chi connectivity index (χ0n) is 9.05. The number of rotatable bonds is 1. The van der Waals surface area contributed by atoms with Gasteiger partial charge in [0.15, 0.2) is 0 Å². The van der Waals surface area contributed by atoms with Crippen LogP contribution in [0.3, 0.4) is 0 Å². The molecule has 5 nitrogen and oxygen atoms in total. The predicted octanol–water partition coefficient (Wildman–Crippen LogP) is 2.19. The van der Waals surface area contributed by atoms with E-state index in [4.69, 9.17) is 10.8 Å². The highest BCUT2D eigenvalue weighted by Gasteiger charge is 2.10. The van der Waals surface area contributed by atoms with Crippen molar-refractivity contribution >= 4 is 34.2 Å². The van der Waals surface area contributed by atoms with Crippen LogP contribution in [0.25, 0.3) is 0 Å². The molecule has 0 unspecified atom stereocenters. The van der Waals surface area contributed by atoms with E-state index in [1.807, 2.05) is 0 Å². The molecule has 0 atom stereocenters. The number of nitrogens with zero attached hydrogens (tertiary/aromatic N) is 2. The van der Waals surface area contributed by atoms with Gasteiger partial charge in [0.2, 0.25) is 0 Å². The lowest BCUT2D eigenvalue weighted by Crippen LogP contribution is -2.03. The van der Waals surface area contributed by atoms with E-state index in [1.165, 1.54) is 12.4 Å². The van der Waals surface area contributed by atoms with Gasteiger partial charge in [0.25, 0.3) is 0 Å². The number of halogens is 2. The topological polar surface area (TPSA) is 89.1 Å². The van der Waals surface area contributed by atoms with Gasteiger partial charge in [0.05, 0.1) is 5.56 Å². The minimum atomic E-state index is -1.15. The van der Waals surface area contributed by atoms with Crippen molar-refractivity contribution in [3.8, 4) is 0 Å². The van der Waals surface area contributed by atoms with Crippen molar-refractivity contribution in [2.75, 3.05) is 5.73 Å². The lowest BCUT2D eigenvalue weighted by Gasteiger charge is -2.01. The molecule has 18 heavy (non-hydrogen) atoms. The summed E-state index contributed by atoms with van der Waals surface area (Å²) in [6.07, 6.45) is 4.88. The quantitative estimate of drug-likeness (QED) is 0.601. The molecule has 94 valence electrons. The van der Waals surface area contributed by atoms with Gasteiger partial charge in [0, 0.05) is 21.7 Å². The summed E-state index contributed by atoms with van der Waals surface area (Å²) >= 11 is 1.71. The van der Waals surface area contributed by atoms with Crippen LogP contribution in [0.1, 0.15) is 10.4 Å². The van der Waals surface area contributed by atoms with Crippen molar-refractivity contribution in [1.29, 1.82) is 0 Å². The van der Waals surface area contributed by atoms with Crippen molar-refractivity contribution in [2.24, 2.45) is 0 Å². The molecular formula is C11H9FIN3O2. The number of hydrogen-bond donors (Lipinski definition) is 2. The lowest BCUT2D eigenvalue weighted by atomic mass is 10.2. The number of nitrogens with two attached hydrogens (primary N) is 1. The summed E-state index contributed by atoms with van der Waals surface area (Å²) in [5.41, 5.74) is 5.14. The number of hydrogen-bond acceptors (Lipinski definition) is 4. The van der Waals surface area contributed by atoms with Crippen LogP contribution in [-0.4, -0.2) is 21.0 Å². The SMILES string of the molecule is Nc1cc(F)c(I)cc1C(=O)O.c1cncnc1. The molecule has 2 aromatic rings. The fourth-order valence-corrected chi connectivity index (χ4v) is 1.47. The van der Waals surface area contributed by atoms with Crippen LogP contribution >= 0.6 is 22.6 Å². The first-order valence-corrected chi connectivity index (χ1v) is 5.78. The molecule has 0 fully saturated rings. The number of aromatic nitrogens is 2. The van der Waals surface area contributed by atoms with Crippen LogP contribution < -0.4 is 5.73 Å². The number of anilines is 1. The molecular weight excluding hydrogens is 352 g/mol. The summed E-state index contributed by atoms with van der Waals surface area (Å²) in [6, 6.07) is 3.98. The van der Waals surface area contributed by atoms with Crippen LogP contribution in [0.15, 0.2) is 36.9 Å². The third-order valence-electron chi connectivity index (χ3n) is 1.80. The van der Waals surface area contributed by atoms with Gasteiger partial charge >= 0.3 is 5.97 Å². The predicted molar refractivity (Wildman–Crippen MR) is 72.5 cm³/mol. The Morgan fingerprint density at radius 2 is 1.94 bits per heavy atom. The standard InChI is InChI=1S/C7H5FINO2.C4H4N2/c8-4-2-6(10)3(7(11)12)1-5(4)9;1-2-5-4-6-3-1/h1-2H,10H2,(H,11,12);1-4H. The summed E-state index contributed by atoms with van der Waals surface area (Å²) in [6.45, 7) is 0. The number of carboxylic acid groups (broad SMARTS) is 1. The van der Waals surface area contributed by atoms with Gasteiger partial charge in [-0.05, 0) is 40.8 Å². The van der Waals surface area contributed by atoms with E-state index in [-0.39, 0.29) is 14.8 Å².